The van der Waals surface area contributed by atoms with Gasteiger partial charge in [-0.2, -0.15) is 5.26 Å². The van der Waals surface area contributed by atoms with E-state index in [-0.39, 0.29) is 5.03 Å². The monoisotopic (exact) mass is 298 g/mol. The molecule has 1 aromatic heterocycles. The lowest BCUT2D eigenvalue weighted by molar-refractivity contribution is 0.112. The quantitative estimate of drug-likeness (QED) is 0.638. The van der Waals surface area contributed by atoms with Crippen LogP contribution in [0.2, 0.25) is 0 Å². The van der Waals surface area contributed by atoms with Gasteiger partial charge in [0.2, 0.25) is 9.84 Å². The first-order chi connectivity index (χ1) is 10.1. The normalized spacial score (nSPS) is 11.7. The highest BCUT2D eigenvalue weighted by Crippen LogP contribution is 2.19. The summed E-state index contributed by atoms with van der Waals surface area (Å²) in [5.74, 6) is 0. The van der Waals surface area contributed by atoms with Gasteiger partial charge in [0.1, 0.15) is 12.4 Å². The van der Waals surface area contributed by atoms with Crippen LogP contribution < -0.4 is 0 Å². The number of benzene rings is 1. The molecule has 0 aliphatic heterocycles. The predicted octanol–water partition coefficient (Wildman–Crippen LogP) is 2.23. The molecule has 6 heteroatoms. The van der Waals surface area contributed by atoms with Crippen LogP contribution in [-0.4, -0.2) is 19.7 Å². The molecule has 0 saturated carbocycles. The van der Waals surface area contributed by atoms with Gasteiger partial charge in [0.05, 0.1) is 0 Å². The maximum absolute atomic E-state index is 12.3. The summed E-state index contributed by atoms with van der Waals surface area (Å²) in [6, 6.07) is 12.4. The van der Waals surface area contributed by atoms with Crippen molar-refractivity contribution in [2.75, 3.05) is 0 Å². The second-order valence-electron chi connectivity index (χ2n) is 4.08. The average Bonchev–Trinajstić information content (AvgIpc) is 2.53. The van der Waals surface area contributed by atoms with E-state index in [1.165, 1.54) is 24.4 Å². The van der Waals surface area contributed by atoms with E-state index in [4.69, 9.17) is 5.26 Å². The van der Waals surface area contributed by atoms with Gasteiger partial charge in [0.25, 0.3) is 0 Å². The minimum absolute atomic E-state index is 0.178. The minimum atomic E-state index is -3.95. The molecule has 1 aromatic carbocycles. The van der Waals surface area contributed by atoms with Crippen molar-refractivity contribution >= 4 is 22.2 Å². The number of carbonyl (C=O) groups is 1. The van der Waals surface area contributed by atoms with E-state index in [2.05, 4.69) is 4.98 Å². The van der Waals surface area contributed by atoms with Gasteiger partial charge in [-0.15, -0.1) is 0 Å². The van der Waals surface area contributed by atoms with Crippen molar-refractivity contribution in [2.45, 2.75) is 5.03 Å². The topological polar surface area (TPSA) is 87.9 Å². The van der Waals surface area contributed by atoms with Crippen LogP contribution in [0.15, 0.2) is 58.6 Å². The number of nitriles is 1. The minimum Gasteiger partial charge on any atom is -0.298 e. The van der Waals surface area contributed by atoms with Crippen LogP contribution in [0.3, 0.4) is 0 Å². The maximum Gasteiger partial charge on any atom is 0.233 e. The molecular formula is C15H10N2O3S. The third-order valence-electron chi connectivity index (χ3n) is 2.68. The van der Waals surface area contributed by atoms with Gasteiger partial charge in [0, 0.05) is 11.8 Å². The molecule has 0 spiro atoms. The molecule has 0 unspecified atom stereocenters. The fourth-order valence-corrected chi connectivity index (χ4v) is 2.70. The number of allylic oxidation sites excluding steroid dienone is 1. The molecule has 0 amide bonds. The van der Waals surface area contributed by atoms with Crippen molar-refractivity contribution < 1.29 is 13.2 Å². The van der Waals surface area contributed by atoms with Crippen LogP contribution in [0.4, 0.5) is 0 Å². The van der Waals surface area contributed by atoms with Gasteiger partial charge in [-0.3, -0.25) is 4.79 Å². The summed E-state index contributed by atoms with van der Waals surface area (Å²) >= 11 is 0. The lowest BCUT2D eigenvalue weighted by Crippen LogP contribution is -2.05. The van der Waals surface area contributed by atoms with Crippen LogP contribution in [0, 0.1) is 11.3 Å². The third kappa shape index (κ3) is 3.22. The Balaban J connectivity index is 2.46. The van der Waals surface area contributed by atoms with Gasteiger partial charge in [-0.1, -0.05) is 30.3 Å². The Labute approximate surface area is 122 Å². The van der Waals surface area contributed by atoms with Crippen molar-refractivity contribution in [2.24, 2.45) is 0 Å². The second kappa shape index (κ2) is 6.11. The summed E-state index contributed by atoms with van der Waals surface area (Å²) in [5, 5.41) is 8.93. The molecule has 0 aliphatic rings. The highest BCUT2D eigenvalue weighted by atomic mass is 32.2. The number of sulfone groups is 1. The third-order valence-corrected chi connectivity index (χ3v) is 4.26. The van der Waals surface area contributed by atoms with E-state index in [1.807, 2.05) is 0 Å². The number of nitrogens with zero attached hydrogens (tertiary/aromatic N) is 2. The van der Waals surface area contributed by atoms with Crippen molar-refractivity contribution in [3.05, 3.63) is 64.7 Å². The van der Waals surface area contributed by atoms with Gasteiger partial charge in [-0.25, -0.2) is 13.4 Å². The second-order valence-corrected chi connectivity index (χ2v) is 5.94. The first-order valence-corrected chi connectivity index (χ1v) is 7.39. The number of hydrogen-bond donors (Lipinski definition) is 0. The maximum atomic E-state index is 12.3. The molecule has 0 N–H and O–H groups in total. The number of rotatable bonds is 4. The molecule has 0 fully saturated rings. The standard InChI is InChI=1S/C15H10N2O3S/c16-10-14(9-12-4-6-13(11-18)7-5-12)21(19,20)15-3-1-2-8-17-15/h1-9,11H/b14-9-. The zero-order valence-corrected chi connectivity index (χ0v) is 11.6. The zero-order chi connectivity index (χ0) is 15.3. The number of aromatic nitrogens is 1. The molecule has 0 radical (unpaired) electrons. The Bertz CT molecular complexity index is 817. The molecule has 104 valence electrons. The van der Waals surface area contributed by atoms with Crippen LogP contribution in [0.5, 0.6) is 0 Å². The smallest absolute Gasteiger partial charge is 0.233 e. The summed E-state index contributed by atoms with van der Waals surface area (Å²) in [4.78, 5) is 13.9. The highest BCUT2D eigenvalue weighted by Gasteiger charge is 2.21. The van der Waals surface area contributed by atoms with E-state index in [1.54, 1.807) is 36.4 Å². The van der Waals surface area contributed by atoms with E-state index < -0.39 is 14.7 Å². The molecule has 1 heterocycles. The molecule has 0 aliphatic carbocycles. The van der Waals surface area contributed by atoms with Crippen LogP contribution in [0.25, 0.3) is 6.08 Å². The number of aldehydes is 1. The van der Waals surface area contributed by atoms with Gasteiger partial charge >= 0.3 is 0 Å². The molecule has 2 aromatic rings. The lowest BCUT2D eigenvalue weighted by Gasteiger charge is -2.02. The van der Waals surface area contributed by atoms with E-state index in [0.29, 0.717) is 17.4 Å². The lowest BCUT2D eigenvalue weighted by atomic mass is 10.1. The molecule has 0 saturated heterocycles. The van der Waals surface area contributed by atoms with Crippen LogP contribution in [-0.2, 0) is 9.84 Å². The summed E-state index contributed by atoms with van der Waals surface area (Å²) in [6.07, 6.45) is 3.28. The predicted molar refractivity (Wildman–Crippen MR) is 76.8 cm³/mol. The van der Waals surface area contributed by atoms with Crippen molar-refractivity contribution in [3.63, 3.8) is 0 Å². The molecule has 5 nitrogen and oxygen atoms in total. The van der Waals surface area contributed by atoms with Gasteiger partial charge in [-0.05, 0) is 23.8 Å². The Morgan fingerprint density at radius 1 is 1.10 bits per heavy atom. The van der Waals surface area contributed by atoms with Gasteiger partial charge in [0.15, 0.2) is 9.93 Å². The summed E-state index contributed by atoms with van der Waals surface area (Å²) < 4.78 is 24.6. The zero-order valence-electron chi connectivity index (χ0n) is 10.8. The first-order valence-electron chi connectivity index (χ1n) is 5.91. The largest absolute Gasteiger partial charge is 0.298 e. The van der Waals surface area contributed by atoms with Crippen LogP contribution >= 0.6 is 0 Å². The molecular weight excluding hydrogens is 288 g/mol. The molecule has 0 bridgehead atoms. The fraction of sp³-hybridized carbons (Fsp3) is 0. The Morgan fingerprint density at radius 3 is 2.29 bits per heavy atom. The summed E-state index contributed by atoms with van der Waals surface area (Å²) in [5.41, 5.74) is 0.981. The van der Waals surface area contributed by atoms with Crippen LogP contribution in [0.1, 0.15) is 15.9 Å². The van der Waals surface area contributed by atoms with Crippen molar-refractivity contribution in [3.8, 4) is 6.07 Å². The van der Waals surface area contributed by atoms with E-state index in [9.17, 15) is 13.2 Å². The molecule has 2 rings (SSSR count). The first kappa shape index (κ1) is 14.6. The average molecular weight is 298 g/mol. The summed E-state index contributed by atoms with van der Waals surface area (Å²) in [6.45, 7) is 0. The highest BCUT2D eigenvalue weighted by molar-refractivity contribution is 7.95. The fourth-order valence-electron chi connectivity index (χ4n) is 1.61. The van der Waals surface area contributed by atoms with E-state index in [0.717, 1.165) is 0 Å². The summed E-state index contributed by atoms with van der Waals surface area (Å²) in [7, 11) is -3.95. The van der Waals surface area contributed by atoms with Gasteiger partial charge < -0.3 is 0 Å². The number of hydrogen-bond acceptors (Lipinski definition) is 5. The Kier molecular flexibility index (Phi) is 4.26. The SMILES string of the molecule is N#C/C(=C/c1ccc(C=O)cc1)S(=O)(=O)c1ccccn1. The van der Waals surface area contributed by atoms with E-state index >= 15 is 0 Å². The number of carbonyl (C=O) groups excluding carboxylic acids is 1. The van der Waals surface area contributed by atoms with Crippen molar-refractivity contribution in [1.29, 1.82) is 5.26 Å². The van der Waals surface area contributed by atoms with Crippen molar-refractivity contribution in [1.82, 2.24) is 4.98 Å². The number of pyridine rings is 1. The molecule has 21 heavy (non-hydrogen) atoms. The Morgan fingerprint density at radius 2 is 1.76 bits per heavy atom. The molecule has 0 atom stereocenters. The Hall–Kier alpha value is -2.78.